The predicted octanol–water partition coefficient (Wildman–Crippen LogP) is 3.96. The quantitative estimate of drug-likeness (QED) is 0.567. The summed E-state index contributed by atoms with van der Waals surface area (Å²) in [4.78, 5) is 4.33. The number of nitrogens with zero attached hydrogens (tertiary/aromatic N) is 4. The van der Waals surface area contributed by atoms with Gasteiger partial charge in [-0.15, -0.1) is 0 Å². The van der Waals surface area contributed by atoms with Gasteiger partial charge in [0.25, 0.3) is 0 Å². The zero-order valence-corrected chi connectivity index (χ0v) is 13.6. The van der Waals surface area contributed by atoms with Crippen molar-refractivity contribution in [2.75, 3.05) is 0 Å². The molecule has 4 rings (SSSR count). The van der Waals surface area contributed by atoms with Gasteiger partial charge in [0.1, 0.15) is 5.82 Å². The maximum absolute atomic E-state index is 13.7. The minimum absolute atomic E-state index is 0.287. The number of benzene rings is 2. The molecule has 0 aliphatic rings. The molecule has 6 heteroatoms. The van der Waals surface area contributed by atoms with Gasteiger partial charge in [0.05, 0.1) is 17.8 Å². The number of hydrogen-bond donors (Lipinski definition) is 0. The fourth-order valence-corrected chi connectivity index (χ4v) is 2.51. The Labute approximate surface area is 143 Å². The van der Waals surface area contributed by atoms with Crippen LogP contribution in [0, 0.1) is 12.7 Å². The molecule has 2 aromatic carbocycles. The van der Waals surface area contributed by atoms with Crippen LogP contribution in [0.15, 0.2) is 65.3 Å². The van der Waals surface area contributed by atoms with Crippen LogP contribution in [0.2, 0.25) is 0 Å². The number of para-hydroxylation sites is 1. The smallest absolute Gasteiger partial charge is 0.233 e. The summed E-state index contributed by atoms with van der Waals surface area (Å²) in [6.45, 7) is 1.71. The highest BCUT2D eigenvalue weighted by Gasteiger charge is 2.12. The monoisotopic (exact) mass is 334 g/mol. The van der Waals surface area contributed by atoms with Crippen molar-refractivity contribution in [3.8, 4) is 17.1 Å². The van der Waals surface area contributed by atoms with Gasteiger partial charge in [-0.2, -0.15) is 10.1 Å². The average molecular weight is 334 g/mol. The predicted molar refractivity (Wildman–Crippen MR) is 90.8 cm³/mol. The third-order valence-corrected chi connectivity index (χ3v) is 3.90. The lowest BCUT2D eigenvalue weighted by Gasteiger charge is -1.99. The summed E-state index contributed by atoms with van der Waals surface area (Å²) in [6, 6.07) is 16.6. The molecular formula is C19H15FN4O. The Morgan fingerprint density at radius 3 is 2.72 bits per heavy atom. The van der Waals surface area contributed by atoms with Gasteiger partial charge in [0.15, 0.2) is 0 Å². The molecule has 0 bridgehead atoms. The lowest BCUT2D eigenvalue weighted by atomic mass is 10.1. The van der Waals surface area contributed by atoms with Crippen LogP contribution in [-0.4, -0.2) is 19.9 Å². The average Bonchev–Trinajstić information content (AvgIpc) is 3.28. The fourth-order valence-electron chi connectivity index (χ4n) is 2.51. The van der Waals surface area contributed by atoms with Crippen molar-refractivity contribution in [2.24, 2.45) is 0 Å². The lowest BCUT2D eigenvalue weighted by molar-refractivity contribution is 0.384. The van der Waals surface area contributed by atoms with E-state index in [0.29, 0.717) is 29.3 Å². The Bertz CT molecular complexity index is 1010. The van der Waals surface area contributed by atoms with Crippen molar-refractivity contribution < 1.29 is 8.91 Å². The lowest BCUT2D eigenvalue weighted by Crippen LogP contribution is -1.96. The van der Waals surface area contributed by atoms with E-state index >= 15 is 0 Å². The van der Waals surface area contributed by atoms with Crippen LogP contribution in [0.1, 0.15) is 17.1 Å². The van der Waals surface area contributed by atoms with Gasteiger partial charge in [-0.1, -0.05) is 35.5 Å². The van der Waals surface area contributed by atoms with Gasteiger partial charge in [-0.05, 0) is 36.8 Å². The summed E-state index contributed by atoms with van der Waals surface area (Å²) in [5.74, 6) is 0.524. The first kappa shape index (κ1) is 15.3. The van der Waals surface area contributed by atoms with Gasteiger partial charge in [0.2, 0.25) is 11.7 Å². The Morgan fingerprint density at radius 2 is 1.92 bits per heavy atom. The molecule has 0 spiro atoms. The molecule has 0 unspecified atom stereocenters. The van der Waals surface area contributed by atoms with Crippen LogP contribution in [0.4, 0.5) is 4.39 Å². The molecule has 5 nitrogen and oxygen atoms in total. The summed E-state index contributed by atoms with van der Waals surface area (Å²) in [7, 11) is 0. The molecule has 0 aliphatic carbocycles. The topological polar surface area (TPSA) is 56.7 Å². The van der Waals surface area contributed by atoms with E-state index in [4.69, 9.17) is 4.52 Å². The number of rotatable bonds is 4. The number of aryl methyl sites for hydroxylation is 1. The van der Waals surface area contributed by atoms with Crippen molar-refractivity contribution in [3.63, 3.8) is 0 Å². The fraction of sp³-hybridized carbons (Fsp3) is 0.105. The maximum atomic E-state index is 13.7. The van der Waals surface area contributed by atoms with Gasteiger partial charge in [-0.3, -0.25) is 0 Å². The third kappa shape index (κ3) is 3.19. The van der Waals surface area contributed by atoms with Crippen molar-refractivity contribution in [2.45, 2.75) is 13.3 Å². The van der Waals surface area contributed by atoms with E-state index in [0.717, 1.165) is 11.4 Å². The van der Waals surface area contributed by atoms with Gasteiger partial charge >= 0.3 is 0 Å². The van der Waals surface area contributed by atoms with Crippen LogP contribution >= 0.6 is 0 Å². The van der Waals surface area contributed by atoms with E-state index in [-0.39, 0.29) is 5.82 Å². The molecule has 2 heterocycles. The summed E-state index contributed by atoms with van der Waals surface area (Å²) in [6.07, 6.45) is 2.30. The molecule has 0 saturated heterocycles. The third-order valence-electron chi connectivity index (χ3n) is 3.90. The summed E-state index contributed by atoms with van der Waals surface area (Å²) in [5.41, 5.74) is 2.97. The first-order valence-electron chi connectivity index (χ1n) is 7.88. The second kappa shape index (κ2) is 6.32. The highest BCUT2D eigenvalue weighted by atomic mass is 19.1. The highest BCUT2D eigenvalue weighted by Crippen LogP contribution is 2.20. The first-order valence-corrected chi connectivity index (χ1v) is 7.88. The second-order valence-corrected chi connectivity index (χ2v) is 5.74. The zero-order chi connectivity index (χ0) is 17.2. The van der Waals surface area contributed by atoms with Crippen LogP contribution < -0.4 is 0 Å². The van der Waals surface area contributed by atoms with Crippen molar-refractivity contribution in [1.82, 2.24) is 19.9 Å². The van der Waals surface area contributed by atoms with E-state index in [1.54, 1.807) is 23.7 Å². The molecule has 0 fully saturated rings. The van der Waals surface area contributed by atoms with E-state index < -0.39 is 0 Å². The molecule has 2 aromatic heterocycles. The number of hydrogen-bond acceptors (Lipinski definition) is 4. The van der Waals surface area contributed by atoms with Gasteiger partial charge < -0.3 is 4.52 Å². The van der Waals surface area contributed by atoms with E-state index in [1.165, 1.54) is 6.07 Å². The molecular weight excluding hydrogens is 319 g/mol. The Kier molecular flexibility index (Phi) is 3.85. The van der Waals surface area contributed by atoms with E-state index in [2.05, 4.69) is 15.2 Å². The molecule has 25 heavy (non-hydrogen) atoms. The minimum atomic E-state index is -0.287. The maximum Gasteiger partial charge on any atom is 0.233 e. The summed E-state index contributed by atoms with van der Waals surface area (Å²) >= 11 is 0. The van der Waals surface area contributed by atoms with Crippen molar-refractivity contribution in [3.05, 3.63) is 83.8 Å². The Balaban J connectivity index is 1.53. The van der Waals surface area contributed by atoms with Crippen LogP contribution in [0.25, 0.3) is 17.1 Å². The molecule has 0 atom stereocenters. The summed E-state index contributed by atoms with van der Waals surface area (Å²) in [5, 5.41) is 8.44. The molecule has 0 radical (unpaired) electrons. The molecule has 0 aliphatic heterocycles. The van der Waals surface area contributed by atoms with Crippen LogP contribution in [0.3, 0.4) is 0 Å². The molecule has 0 saturated carbocycles. The Hall–Kier alpha value is -3.28. The first-order chi connectivity index (χ1) is 12.2. The van der Waals surface area contributed by atoms with E-state index in [1.807, 2.05) is 42.6 Å². The summed E-state index contributed by atoms with van der Waals surface area (Å²) < 4.78 is 20.8. The van der Waals surface area contributed by atoms with Crippen molar-refractivity contribution in [1.29, 1.82) is 0 Å². The molecule has 4 aromatic rings. The van der Waals surface area contributed by atoms with Crippen LogP contribution in [0.5, 0.6) is 0 Å². The second-order valence-electron chi connectivity index (χ2n) is 5.74. The number of aromatic nitrogens is 4. The normalized spacial score (nSPS) is 11.0. The molecule has 124 valence electrons. The molecule has 0 amide bonds. The standard InChI is InChI=1S/C19H15FN4O/c1-13-7-8-14(11-17(13)20)19-21-18(25-23-19)12-15-9-10-24(22-15)16-5-3-2-4-6-16/h2-11H,12H2,1H3. The Morgan fingerprint density at radius 1 is 1.08 bits per heavy atom. The van der Waals surface area contributed by atoms with Crippen molar-refractivity contribution >= 4 is 0 Å². The minimum Gasteiger partial charge on any atom is -0.339 e. The van der Waals surface area contributed by atoms with E-state index in [9.17, 15) is 4.39 Å². The van der Waals surface area contributed by atoms with Gasteiger partial charge in [0, 0.05) is 11.8 Å². The largest absolute Gasteiger partial charge is 0.339 e. The molecule has 0 N–H and O–H groups in total. The SMILES string of the molecule is Cc1ccc(-c2noc(Cc3ccn(-c4ccccc4)n3)n2)cc1F. The zero-order valence-electron chi connectivity index (χ0n) is 13.6. The van der Waals surface area contributed by atoms with Crippen LogP contribution in [-0.2, 0) is 6.42 Å². The van der Waals surface area contributed by atoms with Gasteiger partial charge in [-0.25, -0.2) is 9.07 Å². The number of halogens is 1. The highest BCUT2D eigenvalue weighted by molar-refractivity contribution is 5.55.